The number of hydrogen-bond donors (Lipinski definition) is 3. The van der Waals surface area contributed by atoms with E-state index >= 15 is 0 Å². The van der Waals surface area contributed by atoms with Crippen LogP contribution in [0.4, 0.5) is 5.69 Å². The van der Waals surface area contributed by atoms with E-state index in [-0.39, 0.29) is 23.8 Å². The molecule has 1 aliphatic rings. The quantitative estimate of drug-likeness (QED) is 0.444. The van der Waals surface area contributed by atoms with Crippen molar-refractivity contribution in [1.29, 1.82) is 0 Å². The van der Waals surface area contributed by atoms with Crippen molar-refractivity contribution in [3.63, 3.8) is 0 Å². The molecule has 188 valence electrons. The van der Waals surface area contributed by atoms with Gasteiger partial charge in [0.25, 0.3) is 11.8 Å². The van der Waals surface area contributed by atoms with E-state index in [9.17, 15) is 14.4 Å². The molecular weight excluding hydrogens is 442 g/mol. The zero-order valence-electron chi connectivity index (χ0n) is 20.9. The number of amides is 3. The van der Waals surface area contributed by atoms with Crippen LogP contribution in [0.15, 0.2) is 48.5 Å². The van der Waals surface area contributed by atoms with Crippen molar-refractivity contribution in [2.45, 2.75) is 70.9 Å². The molecule has 3 rings (SSSR count). The highest BCUT2D eigenvalue weighted by Crippen LogP contribution is 2.20. The zero-order valence-corrected chi connectivity index (χ0v) is 20.9. The molecule has 1 saturated carbocycles. The van der Waals surface area contributed by atoms with Gasteiger partial charge in [0.2, 0.25) is 5.91 Å². The fraction of sp³-hybridized carbons (Fsp3) is 0.464. The Labute approximate surface area is 208 Å². The summed E-state index contributed by atoms with van der Waals surface area (Å²) in [7, 11) is 1.56. The molecule has 0 heterocycles. The molecule has 0 spiro atoms. The van der Waals surface area contributed by atoms with Gasteiger partial charge in [0.05, 0.1) is 18.4 Å². The molecule has 0 saturated heterocycles. The Morgan fingerprint density at radius 2 is 1.60 bits per heavy atom. The van der Waals surface area contributed by atoms with Crippen molar-refractivity contribution in [3.8, 4) is 5.75 Å². The number of ether oxygens (including phenoxy) is 1. The van der Waals surface area contributed by atoms with Gasteiger partial charge in [-0.25, -0.2) is 0 Å². The number of carbonyl (C=O) groups is 3. The molecule has 2 aromatic rings. The van der Waals surface area contributed by atoms with Gasteiger partial charge in [-0.3, -0.25) is 14.4 Å². The normalized spacial score (nSPS) is 15.9. The van der Waals surface area contributed by atoms with Crippen molar-refractivity contribution < 1.29 is 19.1 Å². The summed E-state index contributed by atoms with van der Waals surface area (Å²) >= 11 is 0. The Morgan fingerprint density at radius 1 is 0.943 bits per heavy atom. The molecule has 0 aliphatic heterocycles. The average molecular weight is 480 g/mol. The number of carbonyl (C=O) groups excluding carboxylic acids is 3. The standard InChI is InChI=1S/C28H37N3O4/c1-4-19(2)25(28(34)29-21-11-7-5-6-8-12-21)31-27(33)23-13-9-10-14-24(23)30-26(32)20-15-17-22(35-3)18-16-20/h9-10,13-19,21,25H,4-8,11-12H2,1-3H3,(H,29,34)(H,30,32)(H,31,33)/t19-,25+/m1/s1. The van der Waals surface area contributed by atoms with E-state index in [1.807, 2.05) is 13.8 Å². The lowest BCUT2D eigenvalue weighted by Gasteiger charge is -2.26. The number of anilines is 1. The minimum absolute atomic E-state index is 0.0363. The Balaban J connectivity index is 1.72. The Morgan fingerprint density at radius 3 is 2.23 bits per heavy atom. The van der Waals surface area contributed by atoms with E-state index in [1.165, 1.54) is 12.8 Å². The highest BCUT2D eigenvalue weighted by Gasteiger charge is 2.29. The van der Waals surface area contributed by atoms with Gasteiger partial charge in [-0.2, -0.15) is 0 Å². The van der Waals surface area contributed by atoms with Gasteiger partial charge in [-0.1, -0.05) is 58.1 Å². The molecule has 35 heavy (non-hydrogen) atoms. The van der Waals surface area contributed by atoms with Crippen LogP contribution in [0.1, 0.15) is 79.5 Å². The topological polar surface area (TPSA) is 96.5 Å². The van der Waals surface area contributed by atoms with E-state index in [4.69, 9.17) is 4.74 Å². The fourth-order valence-corrected chi connectivity index (χ4v) is 4.36. The third kappa shape index (κ3) is 7.31. The summed E-state index contributed by atoms with van der Waals surface area (Å²) in [5, 5.41) is 8.94. The second-order valence-corrected chi connectivity index (χ2v) is 9.26. The number of nitrogens with one attached hydrogen (secondary N) is 3. The lowest BCUT2D eigenvalue weighted by Crippen LogP contribution is -2.52. The number of benzene rings is 2. The van der Waals surface area contributed by atoms with Crippen LogP contribution in [-0.4, -0.2) is 36.9 Å². The second kappa shape index (κ2) is 12.9. The highest BCUT2D eigenvalue weighted by atomic mass is 16.5. The third-order valence-electron chi connectivity index (χ3n) is 6.76. The molecule has 0 radical (unpaired) electrons. The second-order valence-electron chi connectivity index (χ2n) is 9.26. The number of hydrogen-bond acceptors (Lipinski definition) is 4. The van der Waals surface area contributed by atoms with Gasteiger partial charge in [-0.05, 0) is 55.2 Å². The third-order valence-corrected chi connectivity index (χ3v) is 6.76. The van der Waals surface area contributed by atoms with Crippen LogP contribution >= 0.6 is 0 Å². The first-order valence-electron chi connectivity index (χ1n) is 12.6. The van der Waals surface area contributed by atoms with Gasteiger partial charge >= 0.3 is 0 Å². The number of methoxy groups -OCH3 is 1. The summed E-state index contributed by atoms with van der Waals surface area (Å²) in [6.45, 7) is 3.97. The van der Waals surface area contributed by atoms with Crippen LogP contribution in [0.5, 0.6) is 5.75 Å². The Bertz CT molecular complexity index is 998. The van der Waals surface area contributed by atoms with E-state index in [0.717, 1.165) is 32.1 Å². The van der Waals surface area contributed by atoms with Crippen LogP contribution < -0.4 is 20.7 Å². The molecule has 3 N–H and O–H groups in total. The maximum absolute atomic E-state index is 13.3. The van der Waals surface area contributed by atoms with Gasteiger partial charge in [0.1, 0.15) is 11.8 Å². The Kier molecular flexibility index (Phi) is 9.70. The SMILES string of the molecule is CC[C@@H](C)[C@H](NC(=O)c1ccccc1NC(=O)c1ccc(OC)cc1)C(=O)NC1CCCCCC1. The molecule has 2 aromatic carbocycles. The molecule has 7 nitrogen and oxygen atoms in total. The molecule has 0 unspecified atom stereocenters. The lowest BCUT2D eigenvalue weighted by atomic mass is 9.96. The highest BCUT2D eigenvalue weighted by molar-refractivity contribution is 6.09. The number of rotatable bonds is 9. The number of para-hydroxylation sites is 1. The molecule has 1 aliphatic carbocycles. The summed E-state index contributed by atoms with van der Waals surface area (Å²) in [5.74, 6) is -0.251. The van der Waals surface area contributed by atoms with Crippen LogP contribution in [0.2, 0.25) is 0 Å². The van der Waals surface area contributed by atoms with E-state index in [0.29, 0.717) is 22.6 Å². The van der Waals surface area contributed by atoms with Crippen LogP contribution in [0.25, 0.3) is 0 Å². The predicted molar refractivity (Wildman–Crippen MR) is 138 cm³/mol. The van der Waals surface area contributed by atoms with E-state index < -0.39 is 11.9 Å². The van der Waals surface area contributed by atoms with Crippen molar-refractivity contribution in [2.75, 3.05) is 12.4 Å². The summed E-state index contributed by atoms with van der Waals surface area (Å²) < 4.78 is 5.14. The smallest absolute Gasteiger partial charge is 0.255 e. The minimum atomic E-state index is -0.652. The molecule has 2 atom stereocenters. The molecule has 7 heteroatoms. The van der Waals surface area contributed by atoms with E-state index in [1.54, 1.807) is 55.6 Å². The maximum Gasteiger partial charge on any atom is 0.255 e. The summed E-state index contributed by atoms with van der Waals surface area (Å²) in [5.41, 5.74) is 1.14. The molecular formula is C28H37N3O4. The van der Waals surface area contributed by atoms with Crippen molar-refractivity contribution >= 4 is 23.4 Å². The monoisotopic (exact) mass is 479 g/mol. The van der Waals surface area contributed by atoms with Crippen molar-refractivity contribution in [1.82, 2.24) is 10.6 Å². The molecule has 0 bridgehead atoms. The zero-order chi connectivity index (χ0) is 25.2. The maximum atomic E-state index is 13.3. The molecule has 1 fully saturated rings. The fourth-order valence-electron chi connectivity index (χ4n) is 4.36. The molecule has 3 amide bonds. The lowest BCUT2D eigenvalue weighted by molar-refractivity contribution is -0.124. The first-order chi connectivity index (χ1) is 16.9. The van der Waals surface area contributed by atoms with Crippen LogP contribution in [0.3, 0.4) is 0 Å². The van der Waals surface area contributed by atoms with Gasteiger partial charge in [-0.15, -0.1) is 0 Å². The largest absolute Gasteiger partial charge is 0.497 e. The summed E-state index contributed by atoms with van der Waals surface area (Å²) in [6.07, 6.45) is 7.35. The van der Waals surface area contributed by atoms with Gasteiger partial charge in [0.15, 0.2) is 0 Å². The van der Waals surface area contributed by atoms with Gasteiger partial charge in [0, 0.05) is 11.6 Å². The first-order valence-corrected chi connectivity index (χ1v) is 12.6. The summed E-state index contributed by atoms with van der Waals surface area (Å²) in [4.78, 5) is 39.3. The first kappa shape index (κ1) is 26.3. The van der Waals surface area contributed by atoms with Crippen molar-refractivity contribution in [2.24, 2.45) is 5.92 Å². The minimum Gasteiger partial charge on any atom is -0.497 e. The Hall–Kier alpha value is -3.35. The average Bonchev–Trinajstić information content (AvgIpc) is 3.15. The molecule has 0 aromatic heterocycles. The predicted octanol–water partition coefficient (Wildman–Crippen LogP) is 4.93. The van der Waals surface area contributed by atoms with Crippen LogP contribution in [0, 0.1) is 5.92 Å². The van der Waals surface area contributed by atoms with Gasteiger partial charge < -0.3 is 20.7 Å². The summed E-state index contributed by atoms with van der Waals surface area (Å²) in [6, 6.07) is 13.1. The van der Waals surface area contributed by atoms with Crippen molar-refractivity contribution in [3.05, 3.63) is 59.7 Å². The van der Waals surface area contributed by atoms with Crippen LogP contribution in [-0.2, 0) is 4.79 Å². The van der Waals surface area contributed by atoms with E-state index in [2.05, 4.69) is 16.0 Å².